The molecular weight excluding hydrogens is 216 g/mol. The van der Waals surface area contributed by atoms with E-state index >= 15 is 0 Å². The molecule has 3 heteroatoms. The van der Waals surface area contributed by atoms with E-state index in [2.05, 4.69) is 6.92 Å². The number of hydrogen-bond acceptors (Lipinski definition) is 3. The van der Waals surface area contributed by atoms with Crippen LogP contribution >= 0.6 is 0 Å². The first-order chi connectivity index (χ1) is 8.19. The fourth-order valence-electron chi connectivity index (χ4n) is 1.94. The summed E-state index contributed by atoms with van der Waals surface area (Å²) in [6.07, 6.45) is 7.08. The number of rotatable bonds is 7. The van der Waals surface area contributed by atoms with Gasteiger partial charge in [-0.3, -0.25) is 4.79 Å². The van der Waals surface area contributed by atoms with Gasteiger partial charge in [0.25, 0.3) is 0 Å². The molecule has 1 aromatic carbocycles. The van der Waals surface area contributed by atoms with Crippen LogP contribution in [0.25, 0.3) is 0 Å². The van der Waals surface area contributed by atoms with E-state index in [-0.39, 0.29) is 11.5 Å². The third-order valence-electron chi connectivity index (χ3n) is 2.90. The zero-order valence-electron chi connectivity index (χ0n) is 10.3. The van der Waals surface area contributed by atoms with Crippen molar-refractivity contribution in [2.75, 3.05) is 0 Å². The average Bonchev–Trinajstić information content (AvgIpc) is 2.28. The smallest absolute Gasteiger partial charge is 0.154 e. The van der Waals surface area contributed by atoms with Gasteiger partial charge in [-0.05, 0) is 24.5 Å². The highest BCUT2D eigenvalue weighted by atomic mass is 16.3. The standard InChI is InChI=1S/C14H20O3/c1-2-3-4-5-6-7-11-8-12(16)9-14(17)13(11)10-15/h8-10,16-17H,2-7H2,1H3. The van der Waals surface area contributed by atoms with E-state index < -0.39 is 0 Å². The maximum Gasteiger partial charge on any atom is 0.154 e. The third kappa shape index (κ3) is 4.10. The molecule has 0 fully saturated rings. The molecule has 0 atom stereocenters. The van der Waals surface area contributed by atoms with Gasteiger partial charge in [-0.2, -0.15) is 0 Å². The molecule has 1 rings (SSSR count). The predicted molar refractivity (Wildman–Crippen MR) is 67.6 cm³/mol. The number of phenols is 2. The Morgan fingerprint density at radius 1 is 1.12 bits per heavy atom. The molecule has 3 nitrogen and oxygen atoms in total. The molecule has 94 valence electrons. The van der Waals surface area contributed by atoms with Gasteiger partial charge in [-0.15, -0.1) is 0 Å². The van der Waals surface area contributed by atoms with Gasteiger partial charge in [0.1, 0.15) is 11.5 Å². The molecule has 0 aromatic heterocycles. The largest absolute Gasteiger partial charge is 0.508 e. The summed E-state index contributed by atoms with van der Waals surface area (Å²) < 4.78 is 0. The van der Waals surface area contributed by atoms with Gasteiger partial charge in [0.05, 0.1) is 5.56 Å². The maximum atomic E-state index is 10.9. The van der Waals surface area contributed by atoms with Crippen LogP contribution in [0.15, 0.2) is 12.1 Å². The molecule has 0 aliphatic carbocycles. The van der Waals surface area contributed by atoms with Crippen molar-refractivity contribution in [2.45, 2.75) is 45.4 Å². The van der Waals surface area contributed by atoms with Gasteiger partial charge >= 0.3 is 0 Å². The molecule has 0 aliphatic rings. The summed E-state index contributed by atoms with van der Waals surface area (Å²) in [6.45, 7) is 2.16. The van der Waals surface area contributed by atoms with Crippen molar-refractivity contribution in [3.63, 3.8) is 0 Å². The van der Waals surface area contributed by atoms with Gasteiger partial charge in [0.15, 0.2) is 6.29 Å². The number of aromatic hydroxyl groups is 2. The van der Waals surface area contributed by atoms with Gasteiger partial charge < -0.3 is 10.2 Å². The SMILES string of the molecule is CCCCCCCc1cc(O)cc(O)c1C=O. The van der Waals surface area contributed by atoms with E-state index in [4.69, 9.17) is 0 Å². The minimum Gasteiger partial charge on any atom is -0.508 e. The summed E-state index contributed by atoms with van der Waals surface area (Å²) in [4.78, 5) is 10.9. The molecule has 0 saturated carbocycles. The Kier molecular flexibility index (Phi) is 5.53. The van der Waals surface area contributed by atoms with Crippen LogP contribution in [-0.2, 0) is 6.42 Å². The predicted octanol–water partition coefficient (Wildman–Crippen LogP) is 3.42. The minimum atomic E-state index is -0.136. The maximum absolute atomic E-state index is 10.9. The molecule has 0 unspecified atom stereocenters. The van der Waals surface area contributed by atoms with Crippen molar-refractivity contribution in [1.82, 2.24) is 0 Å². The van der Waals surface area contributed by atoms with Crippen LogP contribution in [0.1, 0.15) is 54.9 Å². The lowest BCUT2D eigenvalue weighted by molar-refractivity contribution is 0.112. The second-order valence-electron chi connectivity index (χ2n) is 4.32. The first kappa shape index (κ1) is 13.6. The number of hydrogen-bond donors (Lipinski definition) is 2. The lowest BCUT2D eigenvalue weighted by Crippen LogP contribution is -1.94. The second-order valence-corrected chi connectivity index (χ2v) is 4.32. The second kappa shape index (κ2) is 6.94. The monoisotopic (exact) mass is 236 g/mol. The summed E-state index contributed by atoms with van der Waals surface area (Å²) in [5.41, 5.74) is 1.03. The normalized spacial score (nSPS) is 10.4. The summed E-state index contributed by atoms with van der Waals surface area (Å²) in [5.74, 6) is -0.125. The zero-order chi connectivity index (χ0) is 12.7. The van der Waals surface area contributed by atoms with Gasteiger partial charge in [-0.1, -0.05) is 32.6 Å². The van der Waals surface area contributed by atoms with Crippen LogP contribution < -0.4 is 0 Å². The number of benzene rings is 1. The van der Waals surface area contributed by atoms with Gasteiger partial charge in [0, 0.05) is 6.07 Å². The number of unbranched alkanes of at least 4 members (excludes halogenated alkanes) is 4. The highest BCUT2D eigenvalue weighted by Gasteiger charge is 2.09. The number of aldehydes is 1. The van der Waals surface area contributed by atoms with Crippen molar-refractivity contribution in [2.24, 2.45) is 0 Å². The molecule has 0 heterocycles. The van der Waals surface area contributed by atoms with Crippen molar-refractivity contribution in [3.05, 3.63) is 23.3 Å². The lowest BCUT2D eigenvalue weighted by atomic mass is 10.00. The van der Waals surface area contributed by atoms with Crippen LogP contribution in [0.5, 0.6) is 11.5 Å². The van der Waals surface area contributed by atoms with Crippen LogP contribution in [0, 0.1) is 0 Å². The number of carbonyl (C=O) groups is 1. The van der Waals surface area contributed by atoms with Crippen LogP contribution in [-0.4, -0.2) is 16.5 Å². The number of aryl methyl sites for hydroxylation is 1. The van der Waals surface area contributed by atoms with Crippen molar-refractivity contribution in [1.29, 1.82) is 0 Å². The van der Waals surface area contributed by atoms with Gasteiger partial charge in [-0.25, -0.2) is 0 Å². The molecule has 0 saturated heterocycles. The fourth-order valence-corrected chi connectivity index (χ4v) is 1.94. The average molecular weight is 236 g/mol. The number of carbonyl (C=O) groups excluding carboxylic acids is 1. The first-order valence-electron chi connectivity index (χ1n) is 6.19. The summed E-state index contributed by atoms with van der Waals surface area (Å²) in [6, 6.07) is 2.76. The van der Waals surface area contributed by atoms with Crippen LogP contribution in [0.2, 0.25) is 0 Å². The Balaban J connectivity index is 2.60. The van der Waals surface area contributed by atoms with E-state index in [1.807, 2.05) is 0 Å². The molecule has 0 radical (unpaired) electrons. The zero-order valence-corrected chi connectivity index (χ0v) is 10.3. The Hall–Kier alpha value is -1.51. The first-order valence-corrected chi connectivity index (χ1v) is 6.19. The number of phenolic OH excluding ortho intramolecular Hbond substituents is 2. The summed E-state index contributed by atoms with van der Waals surface area (Å²) >= 11 is 0. The summed E-state index contributed by atoms with van der Waals surface area (Å²) in [5, 5.41) is 18.9. The van der Waals surface area contributed by atoms with Crippen molar-refractivity contribution in [3.8, 4) is 11.5 Å². The Bertz CT molecular complexity index is 372. The Morgan fingerprint density at radius 2 is 1.82 bits per heavy atom. The minimum absolute atomic E-state index is 0.0108. The Morgan fingerprint density at radius 3 is 2.47 bits per heavy atom. The van der Waals surface area contributed by atoms with Crippen LogP contribution in [0.4, 0.5) is 0 Å². The van der Waals surface area contributed by atoms with Crippen molar-refractivity contribution < 1.29 is 15.0 Å². The molecule has 17 heavy (non-hydrogen) atoms. The van der Waals surface area contributed by atoms with Crippen LogP contribution in [0.3, 0.4) is 0 Å². The highest BCUT2D eigenvalue weighted by molar-refractivity contribution is 5.82. The topological polar surface area (TPSA) is 57.5 Å². The molecule has 0 amide bonds. The molecule has 2 N–H and O–H groups in total. The molecule has 0 aliphatic heterocycles. The van der Waals surface area contributed by atoms with E-state index in [1.165, 1.54) is 25.3 Å². The van der Waals surface area contributed by atoms with E-state index in [1.54, 1.807) is 6.07 Å². The molecule has 1 aromatic rings. The third-order valence-corrected chi connectivity index (χ3v) is 2.90. The van der Waals surface area contributed by atoms with E-state index in [0.29, 0.717) is 11.8 Å². The fraction of sp³-hybridized carbons (Fsp3) is 0.500. The lowest BCUT2D eigenvalue weighted by Gasteiger charge is -2.07. The quantitative estimate of drug-likeness (QED) is 0.563. The summed E-state index contributed by atoms with van der Waals surface area (Å²) in [7, 11) is 0. The van der Waals surface area contributed by atoms with E-state index in [9.17, 15) is 15.0 Å². The van der Waals surface area contributed by atoms with Crippen molar-refractivity contribution >= 4 is 6.29 Å². The molecule has 0 spiro atoms. The molecule has 0 bridgehead atoms. The Labute approximate surface area is 102 Å². The molecular formula is C14H20O3. The van der Waals surface area contributed by atoms with E-state index in [0.717, 1.165) is 24.8 Å². The van der Waals surface area contributed by atoms with Gasteiger partial charge in [0.2, 0.25) is 0 Å². The highest BCUT2D eigenvalue weighted by Crippen LogP contribution is 2.27.